The normalized spacial score (nSPS) is 12.6. The lowest BCUT2D eigenvalue weighted by Gasteiger charge is -2.13. The third kappa shape index (κ3) is 2.88. The summed E-state index contributed by atoms with van der Waals surface area (Å²) in [7, 11) is 0. The fourth-order valence-electron chi connectivity index (χ4n) is 1.91. The number of para-hydroxylation sites is 1. The minimum Gasteiger partial charge on any atom is -0.361 e. The minimum atomic E-state index is -0.00717. The van der Waals surface area contributed by atoms with Gasteiger partial charge in [0.05, 0.1) is 11.1 Å². The highest BCUT2D eigenvalue weighted by Gasteiger charge is 2.12. The van der Waals surface area contributed by atoms with E-state index < -0.39 is 0 Å². The molecule has 0 saturated carbocycles. The fourth-order valence-corrected chi connectivity index (χ4v) is 2.58. The van der Waals surface area contributed by atoms with E-state index in [-0.39, 0.29) is 11.9 Å². The van der Waals surface area contributed by atoms with Crippen LogP contribution in [0.5, 0.6) is 0 Å². The van der Waals surface area contributed by atoms with E-state index in [4.69, 9.17) is 0 Å². The molecule has 0 aliphatic heterocycles. The summed E-state index contributed by atoms with van der Waals surface area (Å²) >= 11 is 1.84. The molecule has 1 amide bonds. The molecule has 18 heavy (non-hydrogen) atoms. The molecule has 2 aromatic rings. The van der Waals surface area contributed by atoms with Crippen molar-refractivity contribution in [1.29, 1.82) is 0 Å². The summed E-state index contributed by atoms with van der Waals surface area (Å²) in [5, 5.41) is 4.10. The summed E-state index contributed by atoms with van der Waals surface area (Å²) < 4.78 is 0. The van der Waals surface area contributed by atoms with E-state index in [0.717, 1.165) is 22.4 Å². The van der Waals surface area contributed by atoms with Gasteiger partial charge in [0, 0.05) is 23.4 Å². The van der Waals surface area contributed by atoms with Gasteiger partial charge in [0.25, 0.3) is 5.91 Å². The Bertz CT molecular complexity index is 535. The van der Waals surface area contributed by atoms with E-state index in [2.05, 4.69) is 17.2 Å². The number of H-pyrrole nitrogens is 1. The molecule has 2 rings (SSSR count). The molecule has 0 fully saturated rings. The largest absolute Gasteiger partial charge is 0.361 e. The molecule has 0 aliphatic carbocycles. The standard InChI is InChI=1S/C14H18N2OS/c1-3-18-9-10(2)16-14(17)12-6-4-5-11-7-8-15-13(11)12/h4-8,10,15H,3,9H2,1-2H3,(H,16,17). The van der Waals surface area contributed by atoms with Crippen LogP contribution in [0.4, 0.5) is 0 Å². The van der Waals surface area contributed by atoms with Gasteiger partial charge in [-0.15, -0.1) is 0 Å². The van der Waals surface area contributed by atoms with Crippen molar-refractivity contribution in [3.63, 3.8) is 0 Å². The molecule has 1 heterocycles. The zero-order valence-corrected chi connectivity index (χ0v) is 11.5. The second kappa shape index (κ2) is 5.96. The number of hydrogen-bond acceptors (Lipinski definition) is 2. The van der Waals surface area contributed by atoms with Crippen molar-refractivity contribution in [2.24, 2.45) is 0 Å². The van der Waals surface area contributed by atoms with Gasteiger partial charge in [-0.2, -0.15) is 11.8 Å². The maximum atomic E-state index is 12.2. The van der Waals surface area contributed by atoms with Crippen LogP contribution in [0.1, 0.15) is 24.2 Å². The van der Waals surface area contributed by atoms with Gasteiger partial charge in [0.15, 0.2) is 0 Å². The van der Waals surface area contributed by atoms with Gasteiger partial charge in [-0.1, -0.05) is 19.1 Å². The van der Waals surface area contributed by atoms with Crippen LogP contribution in [0.25, 0.3) is 10.9 Å². The molecule has 0 saturated heterocycles. The lowest BCUT2D eigenvalue weighted by Crippen LogP contribution is -2.34. The van der Waals surface area contributed by atoms with Crippen molar-refractivity contribution in [1.82, 2.24) is 10.3 Å². The Kier molecular flexibility index (Phi) is 4.31. The smallest absolute Gasteiger partial charge is 0.253 e. The lowest BCUT2D eigenvalue weighted by atomic mass is 10.1. The summed E-state index contributed by atoms with van der Waals surface area (Å²) in [6.07, 6.45) is 1.86. The molecule has 3 nitrogen and oxygen atoms in total. The van der Waals surface area contributed by atoms with Crippen LogP contribution in [0.15, 0.2) is 30.5 Å². The first-order chi connectivity index (χ1) is 8.72. The van der Waals surface area contributed by atoms with Crippen LogP contribution in [-0.2, 0) is 0 Å². The van der Waals surface area contributed by atoms with Gasteiger partial charge < -0.3 is 10.3 Å². The van der Waals surface area contributed by atoms with Crippen molar-refractivity contribution in [3.8, 4) is 0 Å². The number of thioether (sulfide) groups is 1. The van der Waals surface area contributed by atoms with Crippen molar-refractivity contribution in [2.75, 3.05) is 11.5 Å². The molecule has 1 atom stereocenters. The number of amides is 1. The van der Waals surface area contributed by atoms with Gasteiger partial charge in [-0.05, 0) is 24.8 Å². The van der Waals surface area contributed by atoms with E-state index in [1.165, 1.54) is 0 Å². The van der Waals surface area contributed by atoms with Crippen molar-refractivity contribution < 1.29 is 4.79 Å². The van der Waals surface area contributed by atoms with Crippen LogP contribution < -0.4 is 5.32 Å². The van der Waals surface area contributed by atoms with Crippen LogP contribution in [0.3, 0.4) is 0 Å². The van der Waals surface area contributed by atoms with Crippen molar-refractivity contribution >= 4 is 28.6 Å². The minimum absolute atomic E-state index is 0.00717. The summed E-state index contributed by atoms with van der Waals surface area (Å²) in [6, 6.07) is 7.93. The molecule has 1 unspecified atom stereocenters. The number of carbonyl (C=O) groups excluding carboxylic acids is 1. The van der Waals surface area contributed by atoms with Gasteiger partial charge in [0.2, 0.25) is 0 Å². The Labute approximate surface area is 111 Å². The van der Waals surface area contributed by atoms with Crippen LogP contribution in [0.2, 0.25) is 0 Å². The van der Waals surface area contributed by atoms with Gasteiger partial charge in [0.1, 0.15) is 0 Å². The SMILES string of the molecule is CCSCC(C)NC(=O)c1cccc2cc[nH]c12. The molecule has 0 bridgehead atoms. The molecule has 1 aromatic heterocycles. The monoisotopic (exact) mass is 262 g/mol. The molecule has 4 heteroatoms. The number of fused-ring (bicyclic) bond motifs is 1. The summed E-state index contributed by atoms with van der Waals surface area (Å²) in [5.74, 6) is 2.02. The summed E-state index contributed by atoms with van der Waals surface area (Å²) in [5.41, 5.74) is 1.62. The summed E-state index contributed by atoms with van der Waals surface area (Å²) in [4.78, 5) is 15.3. The number of hydrogen-bond donors (Lipinski definition) is 2. The molecule has 0 radical (unpaired) electrons. The molecule has 0 aliphatic rings. The number of nitrogens with one attached hydrogen (secondary N) is 2. The van der Waals surface area contributed by atoms with Gasteiger partial charge in [-0.25, -0.2) is 0 Å². The predicted molar refractivity (Wildman–Crippen MR) is 78.2 cm³/mol. The highest BCUT2D eigenvalue weighted by Crippen LogP contribution is 2.17. The van der Waals surface area contributed by atoms with E-state index in [9.17, 15) is 4.79 Å². The average Bonchev–Trinajstić information content (AvgIpc) is 2.84. The molecule has 1 aromatic carbocycles. The van der Waals surface area contributed by atoms with E-state index >= 15 is 0 Å². The highest BCUT2D eigenvalue weighted by atomic mass is 32.2. The number of aromatic amines is 1. The first-order valence-corrected chi connectivity index (χ1v) is 7.32. The lowest BCUT2D eigenvalue weighted by molar-refractivity contribution is 0.0945. The first-order valence-electron chi connectivity index (χ1n) is 6.17. The quantitative estimate of drug-likeness (QED) is 0.870. The van der Waals surface area contributed by atoms with Gasteiger partial charge in [-0.3, -0.25) is 4.79 Å². The zero-order chi connectivity index (χ0) is 13.0. The van der Waals surface area contributed by atoms with E-state index in [0.29, 0.717) is 5.56 Å². The molecule has 0 spiro atoms. The molecule has 96 valence electrons. The Morgan fingerprint density at radius 3 is 3.06 bits per heavy atom. The highest BCUT2D eigenvalue weighted by molar-refractivity contribution is 7.99. The number of rotatable bonds is 5. The molecule has 2 N–H and O–H groups in total. The maximum absolute atomic E-state index is 12.2. The Balaban J connectivity index is 2.11. The van der Waals surface area contributed by atoms with E-state index in [1.54, 1.807) is 0 Å². The molecular formula is C14H18N2OS. The van der Waals surface area contributed by atoms with Crippen LogP contribution in [0, 0.1) is 0 Å². The van der Waals surface area contributed by atoms with Crippen molar-refractivity contribution in [2.45, 2.75) is 19.9 Å². The maximum Gasteiger partial charge on any atom is 0.253 e. The third-order valence-corrected chi connectivity index (χ3v) is 3.93. The first kappa shape index (κ1) is 13.0. The topological polar surface area (TPSA) is 44.9 Å². The predicted octanol–water partition coefficient (Wildman–Crippen LogP) is 3.04. The second-order valence-corrected chi connectivity index (χ2v) is 5.60. The molecular weight excluding hydrogens is 244 g/mol. The average molecular weight is 262 g/mol. The zero-order valence-electron chi connectivity index (χ0n) is 10.7. The third-order valence-electron chi connectivity index (χ3n) is 2.78. The Morgan fingerprint density at radius 1 is 1.44 bits per heavy atom. The number of aromatic nitrogens is 1. The Morgan fingerprint density at radius 2 is 2.28 bits per heavy atom. The second-order valence-electron chi connectivity index (χ2n) is 4.28. The van der Waals surface area contributed by atoms with Gasteiger partial charge >= 0.3 is 0 Å². The van der Waals surface area contributed by atoms with Crippen LogP contribution in [-0.4, -0.2) is 28.4 Å². The van der Waals surface area contributed by atoms with Crippen LogP contribution >= 0.6 is 11.8 Å². The number of benzene rings is 1. The fraction of sp³-hybridized carbons (Fsp3) is 0.357. The summed E-state index contributed by atoms with van der Waals surface area (Å²) in [6.45, 7) is 4.16. The van der Waals surface area contributed by atoms with Crippen molar-refractivity contribution in [3.05, 3.63) is 36.0 Å². The van der Waals surface area contributed by atoms with E-state index in [1.807, 2.05) is 49.1 Å². The number of carbonyl (C=O) groups is 1. The Hall–Kier alpha value is -1.42.